The predicted molar refractivity (Wildman–Crippen MR) is 105 cm³/mol. The summed E-state index contributed by atoms with van der Waals surface area (Å²) < 4.78 is 16.1. The zero-order valence-corrected chi connectivity index (χ0v) is 16.3. The van der Waals surface area contributed by atoms with Crippen LogP contribution in [0.25, 0.3) is 0 Å². The molecule has 5 heteroatoms. The van der Waals surface area contributed by atoms with Crippen molar-refractivity contribution < 1.29 is 19.0 Å². The van der Waals surface area contributed by atoms with Gasteiger partial charge in [-0.05, 0) is 23.4 Å². The Morgan fingerprint density at radius 2 is 1.76 bits per heavy atom. The number of hydrogen-bond donors (Lipinski definition) is 0. The Hall–Kier alpha value is -1.48. The molecule has 0 radical (unpaired) electrons. The lowest BCUT2D eigenvalue weighted by atomic mass is 10.1. The molecule has 0 fully saturated rings. The SMILES string of the molecule is C#CCOCCOCCOc1ccc(C(CC=O)SCC)cc1.CC. The van der Waals surface area contributed by atoms with E-state index < -0.39 is 0 Å². The first kappa shape index (κ1) is 23.5. The van der Waals surface area contributed by atoms with Gasteiger partial charge in [0.15, 0.2) is 0 Å². The summed E-state index contributed by atoms with van der Waals surface area (Å²) in [5, 5.41) is 0.220. The average molecular weight is 367 g/mol. The first-order valence-corrected chi connectivity index (χ1v) is 9.73. The van der Waals surface area contributed by atoms with Gasteiger partial charge < -0.3 is 19.0 Å². The average Bonchev–Trinajstić information content (AvgIpc) is 2.66. The highest BCUT2D eigenvalue weighted by Crippen LogP contribution is 2.31. The van der Waals surface area contributed by atoms with E-state index in [0.29, 0.717) is 39.5 Å². The van der Waals surface area contributed by atoms with E-state index in [9.17, 15) is 4.79 Å². The largest absolute Gasteiger partial charge is 0.491 e. The highest BCUT2D eigenvalue weighted by molar-refractivity contribution is 7.99. The second kappa shape index (κ2) is 17.3. The lowest BCUT2D eigenvalue weighted by molar-refractivity contribution is -0.107. The van der Waals surface area contributed by atoms with Crippen LogP contribution in [0.2, 0.25) is 0 Å². The Labute approximate surface area is 156 Å². The van der Waals surface area contributed by atoms with Crippen LogP contribution in [-0.4, -0.2) is 45.1 Å². The number of terminal acetylenes is 1. The van der Waals surface area contributed by atoms with Crippen molar-refractivity contribution in [2.24, 2.45) is 0 Å². The first-order chi connectivity index (χ1) is 12.3. The Kier molecular flexibility index (Phi) is 16.3. The van der Waals surface area contributed by atoms with Gasteiger partial charge in [-0.2, -0.15) is 11.8 Å². The van der Waals surface area contributed by atoms with E-state index in [1.165, 1.54) is 0 Å². The van der Waals surface area contributed by atoms with Gasteiger partial charge in [0.2, 0.25) is 0 Å². The smallest absolute Gasteiger partial charge is 0.121 e. The molecule has 0 aliphatic carbocycles. The third-order valence-electron chi connectivity index (χ3n) is 2.98. The van der Waals surface area contributed by atoms with Crippen LogP contribution in [0.3, 0.4) is 0 Å². The van der Waals surface area contributed by atoms with Gasteiger partial charge in [-0.1, -0.05) is 38.8 Å². The summed E-state index contributed by atoms with van der Waals surface area (Å²) in [6, 6.07) is 7.89. The summed E-state index contributed by atoms with van der Waals surface area (Å²) in [7, 11) is 0. The maximum Gasteiger partial charge on any atom is 0.121 e. The number of aldehydes is 1. The minimum absolute atomic E-state index is 0.220. The van der Waals surface area contributed by atoms with Crippen molar-refractivity contribution in [1.29, 1.82) is 0 Å². The van der Waals surface area contributed by atoms with Crippen LogP contribution < -0.4 is 4.74 Å². The monoisotopic (exact) mass is 366 g/mol. The molecule has 4 nitrogen and oxygen atoms in total. The fourth-order valence-electron chi connectivity index (χ4n) is 1.94. The van der Waals surface area contributed by atoms with Gasteiger partial charge in [-0.25, -0.2) is 0 Å². The van der Waals surface area contributed by atoms with Crippen molar-refractivity contribution in [3.8, 4) is 18.1 Å². The van der Waals surface area contributed by atoms with Gasteiger partial charge in [0.25, 0.3) is 0 Å². The molecule has 0 aliphatic rings. The van der Waals surface area contributed by atoms with E-state index in [1.807, 2.05) is 38.1 Å². The van der Waals surface area contributed by atoms with Crippen molar-refractivity contribution in [3.63, 3.8) is 0 Å². The molecule has 1 atom stereocenters. The van der Waals surface area contributed by atoms with Crippen LogP contribution in [0.1, 0.15) is 38.0 Å². The van der Waals surface area contributed by atoms with Crippen molar-refractivity contribution in [2.45, 2.75) is 32.4 Å². The van der Waals surface area contributed by atoms with Gasteiger partial charge in [-0.15, -0.1) is 6.42 Å². The molecule has 0 saturated carbocycles. The fraction of sp³-hybridized carbons (Fsp3) is 0.550. The van der Waals surface area contributed by atoms with Crippen LogP contribution >= 0.6 is 11.8 Å². The Morgan fingerprint density at radius 1 is 1.12 bits per heavy atom. The van der Waals surface area contributed by atoms with Crippen LogP contribution in [-0.2, 0) is 14.3 Å². The molecule has 0 aliphatic heterocycles. The molecule has 0 saturated heterocycles. The minimum Gasteiger partial charge on any atom is -0.491 e. The number of ether oxygens (including phenoxy) is 3. The maximum atomic E-state index is 10.7. The molecule has 1 aromatic rings. The third-order valence-corrected chi connectivity index (χ3v) is 4.18. The number of rotatable bonds is 13. The number of hydrogen-bond acceptors (Lipinski definition) is 5. The summed E-state index contributed by atoms with van der Waals surface area (Å²) in [6.07, 6.45) is 6.57. The second-order valence-corrected chi connectivity index (χ2v) is 6.11. The second-order valence-electron chi connectivity index (χ2n) is 4.63. The molecule has 0 N–H and O–H groups in total. The minimum atomic E-state index is 0.220. The third kappa shape index (κ3) is 11.7. The number of carbonyl (C=O) groups excluding carboxylic acids is 1. The van der Waals surface area contributed by atoms with Gasteiger partial charge in [0, 0.05) is 11.7 Å². The Balaban J connectivity index is 0.00000277. The molecular formula is C20H30O4S. The van der Waals surface area contributed by atoms with E-state index in [4.69, 9.17) is 20.6 Å². The molecule has 0 aromatic heterocycles. The van der Waals surface area contributed by atoms with Crippen LogP contribution in [0, 0.1) is 12.3 Å². The fourth-order valence-corrected chi connectivity index (χ4v) is 2.90. The van der Waals surface area contributed by atoms with Crippen molar-refractivity contribution >= 4 is 18.0 Å². The molecule has 0 amide bonds. The van der Waals surface area contributed by atoms with E-state index >= 15 is 0 Å². The summed E-state index contributed by atoms with van der Waals surface area (Å²) in [5.41, 5.74) is 1.15. The quantitative estimate of drug-likeness (QED) is 0.298. The van der Waals surface area contributed by atoms with E-state index in [1.54, 1.807) is 11.8 Å². The predicted octanol–water partition coefficient (Wildman–Crippen LogP) is 4.14. The van der Waals surface area contributed by atoms with Gasteiger partial charge in [-0.3, -0.25) is 0 Å². The zero-order valence-electron chi connectivity index (χ0n) is 15.5. The lowest BCUT2D eigenvalue weighted by Crippen LogP contribution is -2.11. The van der Waals surface area contributed by atoms with Crippen molar-refractivity contribution in [2.75, 3.05) is 38.8 Å². The maximum absolute atomic E-state index is 10.7. The van der Waals surface area contributed by atoms with E-state index in [0.717, 1.165) is 23.4 Å². The molecule has 0 heterocycles. The summed E-state index contributed by atoms with van der Waals surface area (Å²) in [5.74, 6) is 4.18. The first-order valence-electron chi connectivity index (χ1n) is 8.68. The van der Waals surface area contributed by atoms with Gasteiger partial charge in [0.05, 0.1) is 19.8 Å². The van der Waals surface area contributed by atoms with Crippen molar-refractivity contribution in [3.05, 3.63) is 29.8 Å². The van der Waals surface area contributed by atoms with Gasteiger partial charge in [0.1, 0.15) is 25.2 Å². The number of benzene rings is 1. The van der Waals surface area contributed by atoms with Gasteiger partial charge >= 0.3 is 0 Å². The molecule has 25 heavy (non-hydrogen) atoms. The van der Waals surface area contributed by atoms with E-state index in [2.05, 4.69) is 12.8 Å². The van der Waals surface area contributed by atoms with Crippen LogP contribution in [0.5, 0.6) is 5.75 Å². The lowest BCUT2D eigenvalue weighted by Gasteiger charge is -2.14. The molecule has 140 valence electrons. The summed E-state index contributed by atoms with van der Waals surface area (Å²) in [6.45, 7) is 8.39. The molecule has 0 spiro atoms. The molecule has 1 unspecified atom stereocenters. The number of thioether (sulfide) groups is 1. The standard InChI is InChI=1S/C18H24O4S.C2H6/c1-3-11-20-12-13-21-14-15-22-17-7-5-16(6-8-17)18(9-10-19)23-4-2;1-2/h1,5-8,10,18H,4,9,11-15H2,2H3;1-2H3. The normalized spacial score (nSPS) is 11.0. The van der Waals surface area contributed by atoms with Crippen LogP contribution in [0.4, 0.5) is 0 Å². The Morgan fingerprint density at radius 3 is 2.36 bits per heavy atom. The zero-order chi connectivity index (χ0) is 18.8. The summed E-state index contributed by atoms with van der Waals surface area (Å²) >= 11 is 1.78. The van der Waals surface area contributed by atoms with Crippen molar-refractivity contribution in [1.82, 2.24) is 0 Å². The summed E-state index contributed by atoms with van der Waals surface area (Å²) in [4.78, 5) is 10.7. The highest BCUT2D eigenvalue weighted by Gasteiger charge is 2.10. The molecule has 1 aromatic carbocycles. The van der Waals surface area contributed by atoms with Crippen LogP contribution in [0.15, 0.2) is 24.3 Å². The number of carbonyl (C=O) groups is 1. The highest BCUT2D eigenvalue weighted by atomic mass is 32.2. The molecule has 0 bridgehead atoms. The molecular weight excluding hydrogens is 336 g/mol. The topological polar surface area (TPSA) is 44.8 Å². The molecule has 1 rings (SSSR count). The Bertz CT molecular complexity index is 468. The van der Waals surface area contributed by atoms with E-state index in [-0.39, 0.29) is 5.25 Å².